The number of fused-ring (bicyclic) bond motifs is 1. The SMILES string of the molecule is CC1OC(C2=CNC3C=CC(Br)=CN23)O1. The molecule has 5 heteroatoms. The molecule has 1 N–H and O–H groups in total. The van der Waals surface area contributed by atoms with Crippen molar-refractivity contribution in [3.63, 3.8) is 0 Å². The van der Waals surface area contributed by atoms with Crippen molar-refractivity contribution in [3.8, 4) is 0 Å². The van der Waals surface area contributed by atoms with Gasteiger partial charge in [-0.2, -0.15) is 0 Å². The Morgan fingerprint density at radius 3 is 3.00 bits per heavy atom. The Labute approximate surface area is 96.3 Å². The first-order chi connectivity index (χ1) is 7.24. The second kappa shape index (κ2) is 3.37. The van der Waals surface area contributed by atoms with Crippen LogP contribution in [0.2, 0.25) is 0 Å². The zero-order valence-electron chi connectivity index (χ0n) is 8.18. The lowest BCUT2D eigenvalue weighted by molar-refractivity contribution is -0.363. The molecule has 0 aromatic rings. The molecular formula is C10H11BrN2O2. The zero-order valence-corrected chi connectivity index (χ0v) is 9.77. The van der Waals surface area contributed by atoms with Crippen LogP contribution < -0.4 is 5.32 Å². The molecule has 0 amide bonds. The topological polar surface area (TPSA) is 33.7 Å². The van der Waals surface area contributed by atoms with E-state index in [1.54, 1.807) is 0 Å². The molecule has 0 aromatic carbocycles. The van der Waals surface area contributed by atoms with E-state index in [2.05, 4.69) is 32.2 Å². The van der Waals surface area contributed by atoms with E-state index in [-0.39, 0.29) is 18.7 Å². The highest BCUT2D eigenvalue weighted by atomic mass is 79.9. The fourth-order valence-electron chi connectivity index (χ4n) is 1.84. The summed E-state index contributed by atoms with van der Waals surface area (Å²) in [4.78, 5) is 2.10. The molecular weight excluding hydrogens is 260 g/mol. The normalized spacial score (nSPS) is 37.7. The van der Waals surface area contributed by atoms with Gasteiger partial charge in [0.15, 0.2) is 6.29 Å². The quantitative estimate of drug-likeness (QED) is 0.785. The summed E-state index contributed by atoms with van der Waals surface area (Å²) in [6.07, 6.45) is 7.92. The molecule has 1 atom stereocenters. The van der Waals surface area contributed by atoms with Gasteiger partial charge in [0, 0.05) is 16.9 Å². The second-order valence-corrected chi connectivity index (χ2v) is 4.55. The van der Waals surface area contributed by atoms with E-state index < -0.39 is 0 Å². The van der Waals surface area contributed by atoms with Crippen LogP contribution in [-0.4, -0.2) is 23.6 Å². The average Bonchev–Trinajstić information content (AvgIpc) is 2.56. The van der Waals surface area contributed by atoms with Crippen molar-refractivity contribution in [2.75, 3.05) is 0 Å². The molecule has 3 rings (SSSR count). The van der Waals surface area contributed by atoms with Crippen LogP contribution in [-0.2, 0) is 9.47 Å². The third-order valence-corrected chi connectivity index (χ3v) is 3.04. The van der Waals surface area contributed by atoms with Crippen molar-refractivity contribution < 1.29 is 9.47 Å². The molecule has 0 aliphatic carbocycles. The number of nitrogens with zero attached hydrogens (tertiary/aromatic N) is 1. The Kier molecular flexibility index (Phi) is 2.12. The average molecular weight is 271 g/mol. The molecule has 0 saturated carbocycles. The van der Waals surface area contributed by atoms with Crippen LogP contribution in [0, 0.1) is 0 Å². The maximum absolute atomic E-state index is 5.47. The number of rotatable bonds is 1. The minimum atomic E-state index is -0.236. The van der Waals surface area contributed by atoms with Gasteiger partial charge >= 0.3 is 0 Å². The lowest BCUT2D eigenvalue weighted by Crippen LogP contribution is -2.44. The summed E-state index contributed by atoms with van der Waals surface area (Å²) >= 11 is 3.45. The Morgan fingerprint density at radius 1 is 1.47 bits per heavy atom. The van der Waals surface area contributed by atoms with Crippen LogP contribution >= 0.6 is 15.9 Å². The summed E-state index contributed by atoms with van der Waals surface area (Å²) < 4.78 is 12.0. The monoisotopic (exact) mass is 270 g/mol. The fourth-order valence-corrected chi connectivity index (χ4v) is 2.21. The standard InChI is InChI=1S/C10H11BrN2O2/c1-6-14-10(15-6)8-4-12-9-3-2-7(11)5-13(8)9/h2-6,9-10,12H,1H3. The Bertz CT molecular complexity index is 372. The van der Waals surface area contributed by atoms with E-state index in [9.17, 15) is 0 Å². The number of hydrogen-bond donors (Lipinski definition) is 1. The molecule has 0 radical (unpaired) electrons. The van der Waals surface area contributed by atoms with Gasteiger partial charge in [-0.1, -0.05) is 0 Å². The van der Waals surface area contributed by atoms with E-state index in [1.807, 2.05) is 25.4 Å². The third kappa shape index (κ3) is 1.51. The molecule has 80 valence electrons. The maximum Gasteiger partial charge on any atom is 0.206 e. The highest BCUT2D eigenvalue weighted by Crippen LogP contribution is 2.32. The van der Waals surface area contributed by atoms with Crippen LogP contribution in [0.4, 0.5) is 0 Å². The predicted molar refractivity (Wildman–Crippen MR) is 58.4 cm³/mol. The van der Waals surface area contributed by atoms with Gasteiger partial charge in [-0.3, -0.25) is 0 Å². The maximum atomic E-state index is 5.47. The molecule has 3 heterocycles. The van der Waals surface area contributed by atoms with Gasteiger partial charge in [-0.25, -0.2) is 0 Å². The smallest absolute Gasteiger partial charge is 0.206 e. The highest BCUT2D eigenvalue weighted by molar-refractivity contribution is 9.11. The molecule has 4 nitrogen and oxygen atoms in total. The van der Waals surface area contributed by atoms with Crippen molar-refractivity contribution in [1.29, 1.82) is 0 Å². The van der Waals surface area contributed by atoms with Crippen molar-refractivity contribution in [2.24, 2.45) is 0 Å². The fraction of sp³-hybridized carbons (Fsp3) is 0.400. The lowest BCUT2D eigenvalue weighted by Gasteiger charge is -2.38. The van der Waals surface area contributed by atoms with Gasteiger partial charge in [0.1, 0.15) is 6.17 Å². The molecule has 0 bridgehead atoms. The van der Waals surface area contributed by atoms with Gasteiger partial charge in [0.2, 0.25) is 6.29 Å². The molecule has 1 unspecified atom stereocenters. The highest BCUT2D eigenvalue weighted by Gasteiger charge is 2.37. The predicted octanol–water partition coefficient (Wildman–Crippen LogP) is 1.58. The number of nitrogens with one attached hydrogen (secondary N) is 1. The van der Waals surface area contributed by atoms with Crippen molar-refractivity contribution >= 4 is 15.9 Å². The molecule has 0 spiro atoms. The van der Waals surface area contributed by atoms with Gasteiger partial charge in [-0.15, -0.1) is 0 Å². The van der Waals surface area contributed by atoms with Gasteiger partial charge in [0.25, 0.3) is 0 Å². The molecule has 3 aliphatic heterocycles. The summed E-state index contributed by atoms with van der Waals surface area (Å²) in [6.45, 7) is 1.89. The molecule has 0 aromatic heterocycles. The molecule has 1 fully saturated rings. The first-order valence-corrected chi connectivity index (χ1v) is 5.64. The minimum absolute atomic E-state index is 0.0947. The van der Waals surface area contributed by atoms with Gasteiger partial charge in [-0.05, 0) is 35.0 Å². The van der Waals surface area contributed by atoms with Crippen LogP contribution in [0.3, 0.4) is 0 Å². The largest absolute Gasteiger partial charge is 0.366 e. The molecule has 1 saturated heterocycles. The Hall–Kier alpha value is -0.780. The lowest BCUT2D eigenvalue weighted by atomic mass is 10.3. The molecule has 15 heavy (non-hydrogen) atoms. The van der Waals surface area contributed by atoms with Crippen molar-refractivity contribution in [3.05, 3.63) is 34.7 Å². The minimum Gasteiger partial charge on any atom is -0.366 e. The van der Waals surface area contributed by atoms with E-state index in [1.165, 1.54) is 0 Å². The number of hydrogen-bond acceptors (Lipinski definition) is 4. The van der Waals surface area contributed by atoms with E-state index >= 15 is 0 Å². The number of ether oxygens (including phenoxy) is 2. The number of allylic oxidation sites excluding steroid dienone is 2. The summed E-state index contributed by atoms with van der Waals surface area (Å²) in [6, 6.07) is 0. The van der Waals surface area contributed by atoms with Crippen LogP contribution in [0.15, 0.2) is 34.7 Å². The van der Waals surface area contributed by atoms with Crippen molar-refractivity contribution in [2.45, 2.75) is 25.7 Å². The molecule has 3 aliphatic rings. The van der Waals surface area contributed by atoms with Gasteiger partial charge in [0.05, 0.1) is 5.70 Å². The van der Waals surface area contributed by atoms with E-state index in [0.717, 1.165) is 10.2 Å². The van der Waals surface area contributed by atoms with Crippen LogP contribution in [0.5, 0.6) is 0 Å². The van der Waals surface area contributed by atoms with Crippen LogP contribution in [0.25, 0.3) is 0 Å². The Balaban J connectivity index is 1.78. The third-order valence-electron chi connectivity index (χ3n) is 2.57. The summed E-state index contributed by atoms with van der Waals surface area (Å²) in [7, 11) is 0. The first kappa shape index (κ1) is 9.45. The number of halogens is 1. The summed E-state index contributed by atoms with van der Waals surface area (Å²) in [5.74, 6) is 0. The van der Waals surface area contributed by atoms with Crippen LogP contribution in [0.1, 0.15) is 6.92 Å². The zero-order chi connectivity index (χ0) is 10.4. The van der Waals surface area contributed by atoms with Gasteiger partial charge < -0.3 is 19.7 Å². The first-order valence-electron chi connectivity index (χ1n) is 4.85. The van der Waals surface area contributed by atoms with E-state index in [4.69, 9.17) is 9.47 Å². The van der Waals surface area contributed by atoms with Crippen molar-refractivity contribution in [1.82, 2.24) is 10.2 Å². The Morgan fingerprint density at radius 2 is 2.27 bits per heavy atom. The van der Waals surface area contributed by atoms with E-state index in [0.29, 0.717) is 0 Å². The summed E-state index contributed by atoms with van der Waals surface area (Å²) in [5.41, 5.74) is 1.01. The second-order valence-electron chi connectivity index (χ2n) is 3.63. The summed E-state index contributed by atoms with van der Waals surface area (Å²) in [5, 5.41) is 3.24.